The number of benzene rings is 1. The summed E-state index contributed by atoms with van der Waals surface area (Å²) in [7, 11) is 0. The van der Waals surface area contributed by atoms with Gasteiger partial charge in [-0.15, -0.1) is 0 Å². The molecule has 0 heterocycles. The van der Waals surface area contributed by atoms with E-state index >= 15 is 0 Å². The van der Waals surface area contributed by atoms with Crippen LogP contribution in [-0.4, -0.2) is 11.1 Å². The summed E-state index contributed by atoms with van der Waals surface area (Å²) in [5, 5.41) is 8.80. The van der Waals surface area contributed by atoms with E-state index in [9.17, 15) is 4.79 Å². The molecule has 0 aromatic heterocycles. The normalized spacial score (nSPS) is 17.2. The summed E-state index contributed by atoms with van der Waals surface area (Å²) in [4.78, 5) is 10.7. The molecular formula is C14H18O2. The van der Waals surface area contributed by atoms with Crippen molar-refractivity contribution in [3.05, 3.63) is 35.4 Å². The third-order valence-electron chi connectivity index (χ3n) is 3.45. The van der Waals surface area contributed by atoms with Gasteiger partial charge in [0, 0.05) is 0 Å². The Morgan fingerprint density at radius 1 is 1.12 bits per heavy atom. The van der Waals surface area contributed by atoms with Crippen LogP contribution in [0.15, 0.2) is 24.3 Å². The molecule has 1 aliphatic rings. The van der Waals surface area contributed by atoms with E-state index in [-0.39, 0.29) is 0 Å². The minimum absolute atomic E-state index is 0.382. The Bertz CT molecular complexity index is 348. The number of hydrogen-bond donors (Lipinski definition) is 1. The molecule has 1 aliphatic carbocycles. The monoisotopic (exact) mass is 218 g/mol. The molecule has 0 aliphatic heterocycles. The highest BCUT2D eigenvalue weighted by atomic mass is 16.4. The van der Waals surface area contributed by atoms with E-state index in [1.54, 1.807) is 12.1 Å². The first-order valence-electron chi connectivity index (χ1n) is 6.08. The molecule has 86 valence electrons. The van der Waals surface area contributed by atoms with Crippen LogP contribution < -0.4 is 0 Å². The van der Waals surface area contributed by atoms with E-state index < -0.39 is 5.97 Å². The number of hydrogen-bond acceptors (Lipinski definition) is 1. The lowest BCUT2D eigenvalue weighted by Crippen LogP contribution is -2.09. The van der Waals surface area contributed by atoms with Crippen molar-refractivity contribution in [2.45, 2.75) is 38.5 Å². The minimum atomic E-state index is -0.843. The van der Waals surface area contributed by atoms with Gasteiger partial charge in [0.15, 0.2) is 0 Å². The average molecular weight is 218 g/mol. The molecule has 1 saturated carbocycles. The molecule has 0 spiro atoms. The van der Waals surface area contributed by atoms with Crippen molar-refractivity contribution in [3.63, 3.8) is 0 Å². The second kappa shape index (κ2) is 5.15. The van der Waals surface area contributed by atoms with Gasteiger partial charge in [-0.3, -0.25) is 0 Å². The third-order valence-corrected chi connectivity index (χ3v) is 3.45. The molecule has 0 unspecified atom stereocenters. The first-order valence-corrected chi connectivity index (χ1v) is 6.08. The lowest BCUT2D eigenvalue weighted by Gasteiger charge is -2.21. The first-order chi connectivity index (χ1) is 7.75. The van der Waals surface area contributed by atoms with Gasteiger partial charge in [0.1, 0.15) is 0 Å². The van der Waals surface area contributed by atoms with Crippen LogP contribution in [0.2, 0.25) is 0 Å². The largest absolute Gasteiger partial charge is 0.478 e. The summed E-state index contributed by atoms with van der Waals surface area (Å²) < 4.78 is 0. The highest BCUT2D eigenvalue weighted by Gasteiger charge is 2.13. The van der Waals surface area contributed by atoms with Gasteiger partial charge in [-0.25, -0.2) is 4.79 Å². The molecule has 16 heavy (non-hydrogen) atoms. The lowest BCUT2D eigenvalue weighted by molar-refractivity contribution is 0.0697. The summed E-state index contributed by atoms with van der Waals surface area (Å²) in [6.45, 7) is 0. The fourth-order valence-corrected chi connectivity index (χ4v) is 2.51. The average Bonchev–Trinajstić information content (AvgIpc) is 2.31. The van der Waals surface area contributed by atoms with E-state index in [2.05, 4.69) is 0 Å². The second-order valence-electron chi connectivity index (χ2n) is 4.71. The zero-order valence-electron chi connectivity index (χ0n) is 9.48. The van der Waals surface area contributed by atoms with Crippen LogP contribution in [0.25, 0.3) is 0 Å². The van der Waals surface area contributed by atoms with Crippen LogP contribution in [0.5, 0.6) is 0 Å². The van der Waals surface area contributed by atoms with E-state index in [1.165, 1.54) is 37.7 Å². The van der Waals surface area contributed by atoms with Crippen LogP contribution in [0.1, 0.15) is 48.0 Å². The molecule has 0 saturated heterocycles. The van der Waals surface area contributed by atoms with Gasteiger partial charge in [0.25, 0.3) is 0 Å². The molecule has 0 bridgehead atoms. The third kappa shape index (κ3) is 2.84. The number of carboxylic acids is 1. The summed E-state index contributed by atoms with van der Waals surface area (Å²) >= 11 is 0. The Labute approximate surface area is 96.3 Å². The van der Waals surface area contributed by atoms with Gasteiger partial charge < -0.3 is 5.11 Å². The van der Waals surface area contributed by atoms with Crippen molar-refractivity contribution in [1.29, 1.82) is 0 Å². The van der Waals surface area contributed by atoms with Crippen molar-refractivity contribution < 1.29 is 9.90 Å². The fraction of sp³-hybridized carbons (Fsp3) is 0.500. The number of aromatic carboxylic acids is 1. The van der Waals surface area contributed by atoms with Crippen LogP contribution in [-0.2, 0) is 6.42 Å². The molecule has 1 aromatic rings. The van der Waals surface area contributed by atoms with E-state index in [1.807, 2.05) is 12.1 Å². The Balaban J connectivity index is 1.96. The van der Waals surface area contributed by atoms with E-state index in [0.29, 0.717) is 5.56 Å². The SMILES string of the molecule is O=C(O)c1ccc(CC2CCCCC2)cc1. The number of carboxylic acid groups (broad SMARTS) is 1. The van der Waals surface area contributed by atoms with Crippen molar-refractivity contribution in [2.75, 3.05) is 0 Å². The van der Waals surface area contributed by atoms with Gasteiger partial charge in [0.2, 0.25) is 0 Å². The fourth-order valence-electron chi connectivity index (χ4n) is 2.51. The molecule has 0 radical (unpaired) electrons. The Kier molecular flexibility index (Phi) is 3.60. The van der Waals surface area contributed by atoms with Crippen LogP contribution in [0, 0.1) is 5.92 Å². The Hall–Kier alpha value is -1.31. The molecule has 2 heteroatoms. The molecule has 1 aromatic carbocycles. The molecule has 0 atom stereocenters. The maximum atomic E-state index is 10.7. The highest BCUT2D eigenvalue weighted by molar-refractivity contribution is 5.87. The summed E-state index contributed by atoms with van der Waals surface area (Å²) in [5.74, 6) is -0.0337. The smallest absolute Gasteiger partial charge is 0.335 e. The quantitative estimate of drug-likeness (QED) is 0.843. The van der Waals surface area contributed by atoms with E-state index in [4.69, 9.17) is 5.11 Å². The number of carbonyl (C=O) groups is 1. The van der Waals surface area contributed by atoms with E-state index in [0.717, 1.165) is 12.3 Å². The predicted octanol–water partition coefficient (Wildman–Crippen LogP) is 3.51. The standard InChI is InChI=1S/C14H18O2/c15-14(16)13-8-6-12(7-9-13)10-11-4-2-1-3-5-11/h6-9,11H,1-5,10H2,(H,15,16). The van der Waals surface area contributed by atoms with Crippen molar-refractivity contribution >= 4 is 5.97 Å². The minimum Gasteiger partial charge on any atom is -0.478 e. The molecular weight excluding hydrogens is 200 g/mol. The maximum Gasteiger partial charge on any atom is 0.335 e. The molecule has 1 fully saturated rings. The van der Waals surface area contributed by atoms with Gasteiger partial charge >= 0.3 is 5.97 Å². The van der Waals surface area contributed by atoms with Gasteiger partial charge in [-0.2, -0.15) is 0 Å². The molecule has 2 nitrogen and oxygen atoms in total. The summed E-state index contributed by atoms with van der Waals surface area (Å²) in [5.41, 5.74) is 1.66. The zero-order valence-corrected chi connectivity index (χ0v) is 9.48. The van der Waals surface area contributed by atoms with Gasteiger partial charge in [-0.05, 0) is 30.0 Å². The van der Waals surface area contributed by atoms with Crippen molar-refractivity contribution in [1.82, 2.24) is 0 Å². The van der Waals surface area contributed by atoms with Gasteiger partial charge in [0.05, 0.1) is 5.56 Å². The molecule has 1 N–H and O–H groups in total. The lowest BCUT2D eigenvalue weighted by atomic mass is 9.85. The van der Waals surface area contributed by atoms with Crippen LogP contribution in [0.4, 0.5) is 0 Å². The van der Waals surface area contributed by atoms with Crippen molar-refractivity contribution in [2.24, 2.45) is 5.92 Å². The Morgan fingerprint density at radius 3 is 2.31 bits per heavy atom. The van der Waals surface area contributed by atoms with Gasteiger partial charge in [-0.1, -0.05) is 44.2 Å². The van der Waals surface area contributed by atoms with Crippen LogP contribution in [0.3, 0.4) is 0 Å². The van der Waals surface area contributed by atoms with Crippen molar-refractivity contribution in [3.8, 4) is 0 Å². The summed E-state index contributed by atoms with van der Waals surface area (Å²) in [6, 6.07) is 7.33. The van der Waals surface area contributed by atoms with Crippen LogP contribution >= 0.6 is 0 Å². The first kappa shape index (κ1) is 11.2. The molecule has 2 rings (SSSR count). The molecule has 0 amide bonds. The zero-order chi connectivity index (χ0) is 11.4. The highest BCUT2D eigenvalue weighted by Crippen LogP contribution is 2.26. The number of rotatable bonds is 3. The topological polar surface area (TPSA) is 37.3 Å². The Morgan fingerprint density at radius 2 is 1.75 bits per heavy atom. The second-order valence-corrected chi connectivity index (χ2v) is 4.71. The summed E-state index contributed by atoms with van der Waals surface area (Å²) in [6.07, 6.45) is 7.88. The predicted molar refractivity (Wildman–Crippen MR) is 63.7 cm³/mol. The maximum absolute atomic E-state index is 10.7.